The number of rotatable bonds is 5. The number of sulfonamides is 1. The lowest BCUT2D eigenvalue weighted by Gasteiger charge is -2.36. The van der Waals surface area contributed by atoms with Gasteiger partial charge in [-0.25, -0.2) is 9.29 Å². The van der Waals surface area contributed by atoms with Gasteiger partial charge in [0.2, 0.25) is 0 Å². The molecule has 4 rings (SSSR count). The Morgan fingerprint density at radius 2 is 1.69 bits per heavy atom. The van der Waals surface area contributed by atoms with Crippen LogP contribution in [0.4, 0.5) is 5.69 Å². The number of hydrogen-bond donors (Lipinski definition) is 0. The Kier molecular flexibility index (Phi) is 5.31. The number of aryl methyl sites for hydroxylation is 2. The Balaban J connectivity index is 1.34. The van der Waals surface area contributed by atoms with Gasteiger partial charge in [-0.05, 0) is 44.0 Å². The minimum atomic E-state index is -3.84. The first-order chi connectivity index (χ1) is 13.9. The van der Waals surface area contributed by atoms with Gasteiger partial charge in [0.15, 0.2) is 5.03 Å². The van der Waals surface area contributed by atoms with Crippen LogP contribution in [0.1, 0.15) is 28.0 Å². The fraction of sp³-hybridized carbons (Fsp3) is 0.429. The van der Waals surface area contributed by atoms with Crippen LogP contribution in [0.3, 0.4) is 0 Å². The molecule has 2 aromatic rings. The molecule has 1 saturated heterocycles. The van der Waals surface area contributed by atoms with Crippen molar-refractivity contribution in [2.24, 2.45) is 0 Å². The fourth-order valence-corrected chi connectivity index (χ4v) is 5.77. The number of carbonyl (C=O) groups is 1. The van der Waals surface area contributed by atoms with Crippen molar-refractivity contribution in [1.82, 2.24) is 14.2 Å². The van der Waals surface area contributed by atoms with Crippen LogP contribution in [0, 0.1) is 13.8 Å². The number of benzene rings is 1. The van der Waals surface area contributed by atoms with Crippen LogP contribution in [0.15, 0.2) is 41.4 Å². The highest BCUT2D eigenvalue weighted by Crippen LogP contribution is 2.31. The highest BCUT2D eigenvalue weighted by molar-refractivity contribution is 7.90. The van der Waals surface area contributed by atoms with Crippen LogP contribution in [-0.4, -0.2) is 67.8 Å². The number of fused-ring (bicyclic) bond motifs is 1. The summed E-state index contributed by atoms with van der Waals surface area (Å²) in [6.45, 7) is 8.20. The zero-order valence-corrected chi connectivity index (χ0v) is 17.7. The maximum Gasteiger partial charge on any atom is 0.285 e. The molecular weight excluding hydrogens is 388 g/mol. The van der Waals surface area contributed by atoms with Gasteiger partial charge >= 0.3 is 0 Å². The minimum absolute atomic E-state index is 0.0866. The Labute approximate surface area is 172 Å². The monoisotopic (exact) mass is 414 g/mol. The molecule has 3 heterocycles. The standard InChI is InChI=1S/C21H26N4O3S/c1-16-15-17(2)22-20-19(16)21(26)25(29(20,27)28)10-6-9-23-11-13-24(14-12-23)18-7-4-3-5-8-18/h3-5,7-8,15H,6,9-14H2,1-2H3. The van der Waals surface area contributed by atoms with Gasteiger partial charge in [0, 0.05) is 50.6 Å². The third kappa shape index (κ3) is 3.74. The lowest BCUT2D eigenvalue weighted by Crippen LogP contribution is -2.47. The number of aromatic nitrogens is 1. The number of nitrogens with zero attached hydrogens (tertiary/aromatic N) is 4. The summed E-state index contributed by atoms with van der Waals surface area (Å²) in [7, 11) is -3.84. The van der Waals surface area contributed by atoms with E-state index in [4.69, 9.17) is 0 Å². The summed E-state index contributed by atoms with van der Waals surface area (Å²) in [5.74, 6) is -0.445. The lowest BCUT2D eigenvalue weighted by atomic mass is 10.1. The molecule has 0 atom stereocenters. The van der Waals surface area contributed by atoms with Crippen molar-refractivity contribution in [3.8, 4) is 0 Å². The second kappa shape index (κ2) is 7.76. The summed E-state index contributed by atoms with van der Waals surface area (Å²) in [5.41, 5.74) is 2.74. The van der Waals surface area contributed by atoms with E-state index >= 15 is 0 Å². The minimum Gasteiger partial charge on any atom is -0.369 e. The molecule has 1 aromatic heterocycles. The summed E-state index contributed by atoms with van der Waals surface area (Å²) >= 11 is 0. The average Bonchev–Trinajstić information content (AvgIpc) is 2.89. The highest BCUT2D eigenvalue weighted by Gasteiger charge is 2.43. The van der Waals surface area contributed by atoms with Crippen molar-refractivity contribution >= 4 is 21.6 Å². The van der Waals surface area contributed by atoms with Crippen LogP contribution < -0.4 is 4.90 Å². The van der Waals surface area contributed by atoms with E-state index in [9.17, 15) is 13.2 Å². The van der Waals surface area contributed by atoms with E-state index < -0.39 is 15.9 Å². The zero-order valence-electron chi connectivity index (χ0n) is 16.8. The summed E-state index contributed by atoms with van der Waals surface area (Å²) in [6.07, 6.45) is 0.613. The van der Waals surface area contributed by atoms with Gasteiger partial charge in [-0.2, -0.15) is 8.42 Å². The Hall–Kier alpha value is -2.45. The van der Waals surface area contributed by atoms with Gasteiger partial charge in [-0.15, -0.1) is 0 Å². The molecule has 1 fully saturated rings. The van der Waals surface area contributed by atoms with Crippen LogP contribution in [0.2, 0.25) is 0 Å². The molecule has 8 heteroatoms. The molecule has 29 heavy (non-hydrogen) atoms. The first-order valence-electron chi connectivity index (χ1n) is 9.95. The predicted octanol–water partition coefficient (Wildman–Crippen LogP) is 2.06. The largest absolute Gasteiger partial charge is 0.369 e. The Morgan fingerprint density at radius 1 is 1.00 bits per heavy atom. The van der Waals surface area contributed by atoms with E-state index in [0.29, 0.717) is 17.7 Å². The maximum atomic E-state index is 12.8. The summed E-state index contributed by atoms with van der Waals surface area (Å²) < 4.78 is 26.6. The SMILES string of the molecule is Cc1cc(C)c2c(n1)S(=O)(=O)N(CCCN1CCN(c3ccccc3)CC1)C2=O. The number of para-hydroxylation sites is 1. The van der Waals surface area contributed by atoms with Crippen LogP contribution in [0.25, 0.3) is 0 Å². The zero-order chi connectivity index (χ0) is 20.6. The van der Waals surface area contributed by atoms with Gasteiger partial charge in [0.1, 0.15) is 0 Å². The molecule has 0 unspecified atom stereocenters. The maximum absolute atomic E-state index is 12.8. The number of amides is 1. The molecule has 0 N–H and O–H groups in total. The second-order valence-electron chi connectivity index (χ2n) is 7.66. The fourth-order valence-electron chi connectivity index (χ4n) is 4.12. The van der Waals surface area contributed by atoms with E-state index in [-0.39, 0.29) is 17.1 Å². The first-order valence-corrected chi connectivity index (χ1v) is 11.4. The van der Waals surface area contributed by atoms with Crippen LogP contribution in [-0.2, 0) is 10.0 Å². The van der Waals surface area contributed by atoms with E-state index in [1.54, 1.807) is 19.9 Å². The van der Waals surface area contributed by atoms with Gasteiger partial charge < -0.3 is 4.90 Å². The van der Waals surface area contributed by atoms with E-state index in [2.05, 4.69) is 26.9 Å². The number of carbonyl (C=O) groups excluding carboxylic acids is 1. The van der Waals surface area contributed by atoms with E-state index in [1.165, 1.54) is 5.69 Å². The van der Waals surface area contributed by atoms with Crippen molar-refractivity contribution in [3.05, 3.63) is 53.2 Å². The quantitative estimate of drug-likeness (QED) is 0.746. The molecule has 0 saturated carbocycles. The van der Waals surface area contributed by atoms with Crippen molar-refractivity contribution in [3.63, 3.8) is 0 Å². The second-order valence-corrected chi connectivity index (χ2v) is 9.44. The third-order valence-corrected chi connectivity index (χ3v) is 7.33. The molecule has 0 aliphatic carbocycles. The molecule has 2 aliphatic rings. The normalized spacial score (nSPS) is 18.9. The summed E-state index contributed by atoms with van der Waals surface area (Å²) in [6, 6.07) is 12.1. The predicted molar refractivity (Wildman–Crippen MR) is 112 cm³/mol. The van der Waals surface area contributed by atoms with Crippen molar-refractivity contribution in [2.75, 3.05) is 44.2 Å². The number of anilines is 1. The van der Waals surface area contributed by atoms with Gasteiger partial charge in [0.05, 0.1) is 5.56 Å². The molecule has 0 radical (unpaired) electrons. The Bertz CT molecular complexity index is 1020. The molecule has 1 amide bonds. The summed E-state index contributed by atoms with van der Waals surface area (Å²) in [5, 5.41) is -0.0866. The molecule has 0 spiro atoms. The number of hydrogen-bond acceptors (Lipinski definition) is 6. The van der Waals surface area contributed by atoms with Crippen molar-refractivity contribution in [1.29, 1.82) is 0 Å². The van der Waals surface area contributed by atoms with Crippen LogP contribution >= 0.6 is 0 Å². The topological polar surface area (TPSA) is 73.8 Å². The molecule has 1 aromatic carbocycles. The van der Waals surface area contributed by atoms with Crippen molar-refractivity contribution < 1.29 is 13.2 Å². The van der Waals surface area contributed by atoms with Crippen LogP contribution in [0.5, 0.6) is 0 Å². The van der Waals surface area contributed by atoms with E-state index in [0.717, 1.165) is 37.0 Å². The van der Waals surface area contributed by atoms with Gasteiger partial charge in [-0.3, -0.25) is 9.69 Å². The first kappa shape index (κ1) is 19.8. The molecule has 154 valence electrons. The summed E-state index contributed by atoms with van der Waals surface area (Å²) in [4.78, 5) is 21.5. The molecular formula is C21H26N4O3S. The number of pyridine rings is 1. The third-order valence-electron chi connectivity index (χ3n) is 5.62. The smallest absolute Gasteiger partial charge is 0.285 e. The highest BCUT2D eigenvalue weighted by atomic mass is 32.2. The van der Waals surface area contributed by atoms with Gasteiger partial charge in [-0.1, -0.05) is 18.2 Å². The van der Waals surface area contributed by atoms with Gasteiger partial charge in [0.25, 0.3) is 15.9 Å². The molecule has 0 bridgehead atoms. The van der Waals surface area contributed by atoms with E-state index in [1.807, 2.05) is 18.2 Å². The Morgan fingerprint density at radius 3 is 2.38 bits per heavy atom. The lowest BCUT2D eigenvalue weighted by molar-refractivity contribution is 0.0865. The molecule has 7 nitrogen and oxygen atoms in total. The molecule has 2 aliphatic heterocycles. The average molecular weight is 415 g/mol. The number of piperazine rings is 1. The van der Waals surface area contributed by atoms with Crippen molar-refractivity contribution in [2.45, 2.75) is 25.3 Å².